The van der Waals surface area contributed by atoms with Crippen molar-refractivity contribution in [1.29, 1.82) is 0 Å². The van der Waals surface area contributed by atoms with Gasteiger partial charge in [0.1, 0.15) is 0 Å². The van der Waals surface area contributed by atoms with E-state index >= 15 is 0 Å². The van der Waals surface area contributed by atoms with Gasteiger partial charge in [-0.05, 0) is 0 Å². The van der Waals surface area contributed by atoms with Gasteiger partial charge in [0, 0.05) is 0 Å². The summed E-state index contributed by atoms with van der Waals surface area (Å²) in [6.07, 6.45) is 0. The van der Waals surface area contributed by atoms with Gasteiger partial charge in [-0.3, -0.25) is 14.6 Å². The van der Waals surface area contributed by atoms with Gasteiger partial charge in [0.25, 0.3) is 0 Å². The van der Waals surface area contributed by atoms with E-state index in [9.17, 15) is 0 Å². The third kappa shape index (κ3) is 273. The fourth-order valence-corrected chi connectivity index (χ4v) is 0. The maximum Gasteiger partial charge on any atom is 3.00 e. The summed E-state index contributed by atoms with van der Waals surface area (Å²) in [5.41, 5.74) is 0. The Balaban J connectivity index is -0.0000000300. The summed E-state index contributed by atoms with van der Waals surface area (Å²) in [5, 5.41) is 50.5. The molecule has 0 N–H and O–H groups in total. The number of rotatable bonds is 0. The van der Waals surface area contributed by atoms with Gasteiger partial charge in [0.2, 0.25) is 0 Å². The second-order valence-corrected chi connectivity index (χ2v) is 0.577. The van der Waals surface area contributed by atoms with Crippen molar-refractivity contribution in [3.8, 4) is 0 Å². The minimum Gasteiger partial charge on any atom is -0.907 e. The third-order valence-electron chi connectivity index (χ3n) is 0. The molecule has 48 valence electrons. The Kier molecular flexibility index (Phi) is 38.2. The molecular weight excluding hydrogens is 284 g/mol. The zero-order valence-electron chi connectivity index (χ0n) is 4.76. The van der Waals surface area contributed by atoms with Crippen molar-refractivity contribution in [3.05, 3.63) is 0 Å². The first kappa shape index (κ1) is 22.6. The molecule has 0 radical (unpaired) electrons. The average Bonchev–Trinajstić information content (AvgIpc) is 1.25. The van der Waals surface area contributed by atoms with Crippen molar-refractivity contribution < 1.29 is 65.7 Å². The molecule has 0 aliphatic rings. The van der Waals surface area contributed by atoms with Crippen molar-refractivity contribution in [3.63, 3.8) is 0 Å². The van der Waals surface area contributed by atoms with Crippen LogP contribution >= 0.6 is 0 Å². The maximum atomic E-state index is 8.42. The van der Waals surface area contributed by atoms with E-state index in [1.54, 1.807) is 0 Å². The second kappa shape index (κ2) is 16.9. The summed E-state index contributed by atoms with van der Waals surface area (Å²) < 4.78 is 0. The van der Waals surface area contributed by atoms with Crippen LogP contribution in [-0.4, -0.2) is 32.0 Å². The Labute approximate surface area is 97.0 Å². The molecule has 6 nitrogen and oxygen atoms in total. The second-order valence-electron chi connectivity index (χ2n) is 0.577. The van der Waals surface area contributed by atoms with Crippen LogP contribution in [0.1, 0.15) is 0 Å². The molecule has 0 bridgehead atoms. The molecule has 0 fully saturated rings. The molecule has 10 heteroatoms. The Morgan fingerprint density at radius 2 is 0.600 bits per heavy atom. The molecule has 0 unspecified atom stereocenters. The molecule has 0 aliphatic heterocycles. The van der Waals surface area contributed by atoms with Gasteiger partial charge < -0.3 is 30.1 Å². The summed E-state index contributed by atoms with van der Waals surface area (Å²) >= 11 is 0. The van der Waals surface area contributed by atoms with Gasteiger partial charge in [0.05, 0.1) is 0 Å². The SMILES string of the molecule is [Al+3].[La+3].[O-]B([O-])[O-].[O-]B([O-])[O-]. The van der Waals surface area contributed by atoms with Gasteiger partial charge in [-0.2, -0.15) is 0 Å². The van der Waals surface area contributed by atoms with E-state index < -0.39 is 14.6 Å². The molecule has 0 saturated carbocycles. The van der Waals surface area contributed by atoms with Gasteiger partial charge in [-0.15, -0.1) is 0 Å². The van der Waals surface area contributed by atoms with Crippen LogP contribution in [0.15, 0.2) is 0 Å². The molecule has 0 saturated heterocycles. The number of hydrogen-bond donors (Lipinski definition) is 0. The molecule has 0 heterocycles. The first-order chi connectivity index (χ1) is 3.46. The van der Waals surface area contributed by atoms with E-state index in [2.05, 4.69) is 0 Å². The van der Waals surface area contributed by atoms with Gasteiger partial charge in [-0.25, -0.2) is 0 Å². The van der Waals surface area contributed by atoms with Crippen LogP contribution in [0.5, 0.6) is 0 Å². The minimum atomic E-state index is -2.92. The van der Waals surface area contributed by atoms with E-state index in [-0.39, 0.29) is 53.0 Å². The number of hydrogen-bond acceptors (Lipinski definition) is 6. The molecule has 0 amide bonds. The first-order valence-electron chi connectivity index (χ1n) is 1.41. The standard InChI is InChI=1S/Al.2BO3.La/c;2*2-1(3)4;/q+3;2*-3;+3. The average molecular weight is 284 g/mol. The summed E-state index contributed by atoms with van der Waals surface area (Å²) in [6.45, 7) is 0. The Morgan fingerprint density at radius 3 is 0.600 bits per heavy atom. The fourth-order valence-electron chi connectivity index (χ4n) is 0. The predicted molar refractivity (Wildman–Crippen MR) is 17.3 cm³/mol. The molecule has 10 heavy (non-hydrogen) atoms. The van der Waals surface area contributed by atoms with Crippen molar-refractivity contribution in [2.75, 3.05) is 0 Å². The van der Waals surface area contributed by atoms with Gasteiger partial charge in [0.15, 0.2) is 0 Å². The van der Waals surface area contributed by atoms with Crippen molar-refractivity contribution >= 4 is 32.0 Å². The zero-order chi connectivity index (χ0) is 7.15. The van der Waals surface area contributed by atoms with E-state index in [1.165, 1.54) is 0 Å². The largest absolute Gasteiger partial charge is 3.00 e. The summed E-state index contributed by atoms with van der Waals surface area (Å²) in [6, 6.07) is 0. The van der Waals surface area contributed by atoms with Gasteiger partial charge >= 0.3 is 53.0 Å². The predicted octanol–water partition coefficient (Wildman–Crippen LogP) is -8.28. The van der Waals surface area contributed by atoms with Crippen molar-refractivity contribution in [1.82, 2.24) is 0 Å². The summed E-state index contributed by atoms with van der Waals surface area (Å²) in [5.74, 6) is 0. The Morgan fingerprint density at radius 1 is 0.600 bits per heavy atom. The molecule has 0 aliphatic carbocycles. The fraction of sp³-hybridized carbons (Fsp3) is 0. The third-order valence-corrected chi connectivity index (χ3v) is 0. The van der Waals surface area contributed by atoms with Crippen LogP contribution in [-0.2, 0) is 0 Å². The first-order valence-corrected chi connectivity index (χ1v) is 1.41. The minimum absolute atomic E-state index is 0. The normalized spacial score (nSPS) is 5.40. The van der Waals surface area contributed by atoms with E-state index in [0.29, 0.717) is 0 Å². The van der Waals surface area contributed by atoms with Crippen LogP contribution < -0.4 is 30.1 Å². The molecule has 0 rings (SSSR count). The van der Waals surface area contributed by atoms with E-state index in [4.69, 9.17) is 30.1 Å². The Bertz CT molecular complexity index is 31.2. The quantitative estimate of drug-likeness (QED) is 0.405. The summed E-state index contributed by atoms with van der Waals surface area (Å²) in [7, 11) is -5.83. The topological polar surface area (TPSA) is 138 Å². The Hall–Kier alpha value is 1.62. The molecule has 0 spiro atoms. The zero-order valence-corrected chi connectivity index (χ0v) is 9.54. The molecular formula is AlB2LaO6. The van der Waals surface area contributed by atoms with Crippen LogP contribution in [0.4, 0.5) is 0 Å². The van der Waals surface area contributed by atoms with Crippen molar-refractivity contribution in [2.45, 2.75) is 0 Å². The van der Waals surface area contributed by atoms with Crippen LogP contribution in [0.2, 0.25) is 0 Å². The molecule has 0 aromatic heterocycles. The molecule has 0 atom stereocenters. The van der Waals surface area contributed by atoms with Gasteiger partial charge in [-0.1, -0.05) is 0 Å². The molecule has 0 aromatic rings. The van der Waals surface area contributed by atoms with Crippen LogP contribution in [0.3, 0.4) is 0 Å². The van der Waals surface area contributed by atoms with Crippen molar-refractivity contribution in [2.24, 2.45) is 0 Å². The van der Waals surface area contributed by atoms with E-state index in [1.807, 2.05) is 0 Å². The monoisotopic (exact) mass is 284 g/mol. The molecule has 0 aromatic carbocycles. The van der Waals surface area contributed by atoms with Crippen LogP contribution in [0, 0.1) is 35.6 Å². The summed E-state index contributed by atoms with van der Waals surface area (Å²) in [4.78, 5) is 0. The maximum absolute atomic E-state index is 8.42. The van der Waals surface area contributed by atoms with Crippen LogP contribution in [0.25, 0.3) is 0 Å². The smallest absolute Gasteiger partial charge is 0.907 e. The van der Waals surface area contributed by atoms with E-state index in [0.717, 1.165) is 0 Å².